The first-order valence-electron chi connectivity index (χ1n) is 6.83. The number of hydrogen-bond acceptors (Lipinski definition) is 2. The summed E-state index contributed by atoms with van der Waals surface area (Å²) in [6.45, 7) is 9.21. The summed E-state index contributed by atoms with van der Waals surface area (Å²) >= 11 is 2.37. The van der Waals surface area contributed by atoms with Crippen LogP contribution >= 0.6 is 22.6 Å². The van der Waals surface area contributed by atoms with Crippen molar-refractivity contribution in [3.05, 3.63) is 27.3 Å². The highest BCUT2D eigenvalue weighted by molar-refractivity contribution is 14.1. The van der Waals surface area contributed by atoms with E-state index in [4.69, 9.17) is 0 Å². The molecule has 0 bridgehead atoms. The summed E-state index contributed by atoms with van der Waals surface area (Å²) in [5.74, 6) is 0. The highest BCUT2D eigenvalue weighted by Gasteiger charge is 2.20. The van der Waals surface area contributed by atoms with Crippen LogP contribution in [-0.4, -0.2) is 30.1 Å². The summed E-state index contributed by atoms with van der Waals surface area (Å²) in [7, 11) is 0. The normalized spacial score (nSPS) is 18.3. The van der Waals surface area contributed by atoms with Crippen molar-refractivity contribution in [3.8, 4) is 0 Å². The topological polar surface area (TPSA) is 15.3 Å². The monoisotopic (exact) mass is 358 g/mol. The van der Waals surface area contributed by atoms with Crippen molar-refractivity contribution in [2.45, 2.75) is 45.7 Å². The Hall–Kier alpha value is -0.290. The van der Waals surface area contributed by atoms with Crippen LogP contribution < -0.4 is 5.32 Å². The van der Waals surface area contributed by atoms with E-state index in [1.807, 2.05) is 0 Å². The van der Waals surface area contributed by atoms with E-state index < -0.39 is 0 Å². The molecule has 1 aromatic carbocycles. The molecule has 0 amide bonds. The third-order valence-electron chi connectivity index (χ3n) is 3.81. The number of benzene rings is 1. The Morgan fingerprint density at radius 1 is 1.28 bits per heavy atom. The van der Waals surface area contributed by atoms with Gasteiger partial charge in [0, 0.05) is 34.4 Å². The average Bonchev–Trinajstić information content (AvgIpc) is 2.33. The van der Waals surface area contributed by atoms with Crippen LogP contribution in [0.5, 0.6) is 0 Å². The second-order valence-corrected chi connectivity index (χ2v) is 6.75. The second kappa shape index (κ2) is 6.24. The number of nitrogens with zero attached hydrogens (tertiary/aromatic N) is 1. The maximum absolute atomic E-state index is 3.71. The molecule has 0 unspecified atom stereocenters. The Kier molecular flexibility index (Phi) is 4.90. The SMILES string of the molecule is Cc1cc(I)ccc1NC1CCN(C(C)C)CC1. The van der Waals surface area contributed by atoms with Crippen LogP contribution in [0, 0.1) is 10.5 Å². The first kappa shape index (κ1) is 14.1. The molecule has 0 atom stereocenters. The largest absolute Gasteiger partial charge is 0.382 e. The van der Waals surface area contributed by atoms with Crippen molar-refractivity contribution in [1.29, 1.82) is 0 Å². The molecule has 1 heterocycles. The van der Waals surface area contributed by atoms with Gasteiger partial charge in [0.1, 0.15) is 0 Å². The van der Waals surface area contributed by atoms with E-state index in [2.05, 4.69) is 71.8 Å². The molecule has 1 N–H and O–H groups in total. The Labute approximate surface area is 124 Å². The van der Waals surface area contributed by atoms with E-state index in [1.165, 1.54) is 40.8 Å². The second-order valence-electron chi connectivity index (χ2n) is 5.51. The first-order chi connectivity index (χ1) is 8.56. The van der Waals surface area contributed by atoms with Crippen molar-refractivity contribution in [3.63, 3.8) is 0 Å². The predicted octanol–water partition coefficient (Wildman–Crippen LogP) is 3.88. The average molecular weight is 358 g/mol. The Morgan fingerprint density at radius 3 is 2.50 bits per heavy atom. The number of halogens is 1. The maximum atomic E-state index is 3.71. The van der Waals surface area contributed by atoms with Gasteiger partial charge in [0.25, 0.3) is 0 Å². The van der Waals surface area contributed by atoms with E-state index in [-0.39, 0.29) is 0 Å². The first-order valence-corrected chi connectivity index (χ1v) is 7.91. The van der Waals surface area contributed by atoms with E-state index in [1.54, 1.807) is 0 Å². The smallest absolute Gasteiger partial charge is 0.0372 e. The highest BCUT2D eigenvalue weighted by Crippen LogP contribution is 2.22. The molecule has 2 nitrogen and oxygen atoms in total. The van der Waals surface area contributed by atoms with Crippen molar-refractivity contribution in [2.75, 3.05) is 18.4 Å². The summed E-state index contributed by atoms with van der Waals surface area (Å²) in [5.41, 5.74) is 2.66. The summed E-state index contributed by atoms with van der Waals surface area (Å²) in [6.07, 6.45) is 2.51. The standard InChI is InChI=1S/C15H23IN2/c1-11(2)18-8-6-14(7-9-18)17-15-5-4-13(16)10-12(15)3/h4-5,10-11,14,17H,6-9H2,1-3H3. The molecule has 0 aliphatic carbocycles. The molecule has 3 heteroatoms. The minimum Gasteiger partial charge on any atom is -0.382 e. The van der Waals surface area contributed by atoms with Crippen molar-refractivity contribution in [1.82, 2.24) is 4.90 Å². The predicted molar refractivity (Wildman–Crippen MR) is 87.2 cm³/mol. The third-order valence-corrected chi connectivity index (χ3v) is 4.48. The van der Waals surface area contributed by atoms with Crippen molar-refractivity contribution >= 4 is 28.3 Å². The minimum absolute atomic E-state index is 0.638. The number of likely N-dealkylation sites (tertiary alicyclic amines) is 1. The zero-order valence-corrected chi connectivity index (χ0v) is 13.7. The zero-order chi connectivity index (χ0) is 13.1. The number of piperidine rings is 1. The van der Waals surface area contributed by atoms with Gasteiger partial charge in [0.05, 0.1) is 0 Å². The fraction of sp³-hybridized carbons (Fsp3) is 0.600. The molecule has 1 fully saturated rings. The molecule has 18 heavy (non-hydrogen) atoms. The lowest BCUT2D eigenvalue weighted by Gasteiger charge is -2.35. The van der Waals surface area contributed by atoms with Gasteiger partial charge in [-0.1, -0.05) is 0 Å². The van der Waals surface area contributed by atoms with Gasteiger partial charge in [-0.15, -0.1) is 0 Å². The molecular weight excluding hydrogens is 335 g/mol. The zero-order valence-electron chi connectivity index (χ0n) is 11.5. The van der Waals surface area contributed by atoms with Gasteiger partial charge >= 0.3 is 0 Å². The fourth-order valence-electron chi connectivity index (χ4n) is 2.57. The maximum Gasteiger partial charge on any atom is 0.0372 e. The van der Waals surface area contributed by atoms with E-state index in [0.717, 1.165) is 0 Å². The lowest BCUT2D eigenvalue weighted by Crippen LogP contribution is -2.42. The van der Waals surface area contributed by atoms with Crippen LogP contribution in [-0.2, 0) is 0 Å². The summed E-state index contributed by atoms with van der Waals surface area (Å²) in [5, 5.41) is 3.71. The Morgan fingerprint density at radius 2 is 1.94 bits per heavy atom. The van der Waals surface area contributed by atoms with E-state index >= 15 is 0 Å². The lowest BCUT2D eigenvalue weighted by atomic mass is 10.0. The van der Waals surface area contributed by atoms with E-state index in [0.29, 0.717) is 12.1 Å². The number of nitrogens with one attached hydrogen (secondary N) is 1. The number of anilines is 1. The molecule has 1 aliphatic rings. The summed E-state index contributed by atoms with van der Waals surface area (Å²) < 4.78 is 1.31. The molecule has 1 aliphatic heterocycles. The Balaban J connectivity index is 1.91. The Bertz CT molecular complexity index is 395. The minimum atomic E-state index is 0.638. The molecule has 1 saturated heterocycles. The highest BCUT2D eigenvalue weighted by atomic mass is 127. The van der Waals surface area contributed by atoms with Crippen molar-refractivity contribution < 1.29 is 0 Å². The van der Waals surface area contributed by atoms with Crippen LogP contribution in [0.1, 0.15) is 32.3 Å². The quantitative estimate of drug-likeness (QED) is 0.825. The van der Waals surface area contributed by atoms with Gasteiger partial charge in [-0.25, -0.2) is 0 Å². The number of aryl methyl sites for hydroxylation is 1. The molecule has 0 saturated carbocycles. The van der Waals surface area contributed by atoms with Gasteiger partial charge in [-0.05, 0) is 80.0 Å². The van der Waals surface area contributed by atoms with Gasteiger partial charge in [0.2, 0.25) is 0 Å². The van der Waals surface area contributed by atoms with E-state index in [9.17, 15) is 0 Å². The lowest BCUT2D eigenvalue weighted by molar-refractivity contribution is 0.177. The van der Waals surface area contributed by atoms with Crippen LogP contribution in [0.25, 0.3) is 0 Å². The molecule has 0 spiro atoms. The molecule has 0 aromatic heterocycles. The number of hydrogen-bond donors (Lipinski definition) is 1. The molecule has 1 aromatic rings. The molecular formula is C15H23IN2. The molecule has 100 valence electrons. The molecule has 2 rings (SSSR count). The number of rotatable bonds is 3. The molecule has 0 radical (unpaired) electrons. The van der Waals surface area contributed by atoms with Gasteiger partial charge in [0.15, 0.2) is 0 Å². The van der Waals surface area contributed by atoms with Crippen LogP contribution in [0.2, 0.25) is 0 Å². The fourth-order valence-corrected chi connectivity index (χ4v) is 3.22. The third kappa shape index (κ3) is 3.60. The van der Waals surface area contributed by atoms with Crippen LogP contribution in [0.3, 0.4) is 0 Å². The van der Waals surface area contributed by atoms with Gasteiger partial charge in [-0.2, -0.15) is 0 Å². The summed E-state index contributed by atoms with van der Waals surface area (Å²) in [4.78, 5) is 2.57. The summed E-state index contributed by atoms with van der Waals surface area (Å²) in [6, 6.07) is 7.96. The van der Waals surface area contributed by atoms with Crippen LogP contribution in [0.4, 0.5) is 5.69 Å². The van der Waals surface area contributed by atoms with Gasteiger partial charge in [-0.3, -0.25) is 0 Å². The van der Waals surface area contributed by atoms with Gasteiger partial charge < -0.3 is 10.2 Å². The van der Waals surface area contributed by atoms with Crippen molar-refractivity contribution in [2.24, 2.45) is 0 Å². The van der Waals surface area contributed by atoms with Crippen LogP contribution in [0.15, 0.2) is 18.2 Å².